The molecule has 0 amide bonds. The van der Waals surface area contributed by atoms with Crippen LogP contribution in [0.5, 0.6) is 5.75 Å². The Bertz CT molecular complexity index is 444. The first-order valence-electron chi connectivity index (χ1n) is 7.10. The maximum Gasteiger partial charge on any atom is 0.143 e. The minimum atomic E-state index is -0.152. The first-order chi connectivity index (χ1) is 9.51. The SMILES string of the molecule is CCN(Cc1cc(Br)c(O)c(Br)c1)[C@@H]1CCC[C@H](O)C1. The molecule has 5 heteroatoms. The molecule has 0 radical (unpaired) electrons. The van der Waals surface area contributed by atoms with Gasteiger partial charge in [-0.1, -0.05) is 6.92 Å². The molecule has 0 spiro atoms. The zero-order chi connectivity index (χ0) is 14.7. The predicted octanol–water partition coefficient (Wildman–Crippen LogP) is 4.04. The molecule has 1 saturated carbocycles. The van der Waals surface area contributed by atoms with Crippen LogP contribution in [0.25, 0.3) is 0 Å². The molecule has 2 rings (SSSR count). The lowest BCUT2D eigenvalue weighted by atomic mass is 9.91. The van der Waals surface area contributed by atoms with E-state index in [-0.39, 0.29) is 11.9 Å². The number of benzene rings is 1. The predicted molar refractivity (Wildman–Crippen MR) is 87.9 cm³/mol. The summed E-state index contributed by atoms with van der Waals surface area (Å²) in [7, 11) is 0. The lowest BCUT2D eigenvalue weighted by molar-refractivity contribution is 0.0606. The summed E-state index contributed by atoms with van der Waals surface area (Å²) in [4.78, 5) is 2.41. The monoisotopic (exact) mass is 405 g/mol. The van der Waals surface area contributed by atoms with Crippen molar-refractivity contribution in [3.63, 3.8) is 0 Å². The summed E-state index contributed by atoms with van der Waals surface area (Å²) in [6.07, 6.45) is 3.91. The van der Waals surface area contributed by atoms with Gasteiger partial charge in [-0.25, -0.2) is 0 Å². The summed E-state index contributed by atoms with van der Waals surface area (Å²) in [5, 5.41) is 19.6. The Morgan fingerprint density at radius 3 is 2.45 bits per heavy atom. The van der Waals surface area contributed by atoms with E-state index in [0.717, 1.165) is 44.3 Å². The number of aliphatic hydroxyl groups excluding tert-OH is 1. The largest absolute Gasteiger partial charge is 0.506 e. The molecule has 1 aromatic rings. The van der Waals surface area contributed by atoms with Crippen LogP contribution in [0, 0.1) is 0 Å². The van der Waals surface area contributed by atoms with Crippen LogP contribution in [0.3, 0.4) is 0 Å². The number of aliphatic hydroxyl groups is 1. The lowest BCUT2D eigenvalue weighted by Crippen LogP contribution is -2.39. The molecule has 0 bridgehead atoms. The molecule has 1 aliphatic carbocycles. The van der Waals surface area contributed by atoms with Crippen LogP contribution >= 0.6 is 31.9 Å². The highest BCUT2D eigenvalue weighted by atomic mass is 79.9. The second-order valence-electron chi connectivity index (χ2n) is 5.45. The standard InChI is InChI=1S/C15H21Br2NO2/c1-2-18(11-4-3-5-12(19)8-11)9-10-6-13(16)15(20)14(17)7-10/h6-7,11-12,19-20H,2-5,8-9H2,1H3/t11-,12+/m1/s1. The highest BCUT2D eigenvalue weighted by Gasteiger charge is 2.25. The van der Waals surface area contributed by atoms with Crippen molar-refractivity contribution in [2.75, 3.05) is 6.54 Å². The summed E-state index contributed by atoms with van der Waals surface area (Å²) in [5.41, 5.74) is 1.16. The molecule has 20 heavy (non-hydrogen) atoms. The smallest absolute Gasteiger partial charge is 0.143 e. The Balaban J connectivity index is 2.10. The van der Waals surface area contributed by atoms with Gasteiger partial charge in [0.25, 0.3) is 0 Å². The molecule has 0 unspecified atom stereocenters. The van der Waals surface area contributed by atoms with Crippen molar-refractivity contribution in [3.05, 3.63) is 26.6 Å². The minimum absolute atomic E-state index is 0.152. The molecule has 2 N–H and O–H groups in total. The van der Waals surface area contributed by atoms with Gasteiger partial charge in [0, 0.05) is 12.6 Å². The third-order valence-electron chi connectivity index (χ3n) is 4.00. The average Bonchev–Trinajstić information content (AvgIpc) is 2.42. The summed E-state index contributed by atoms with van der Waals surface area (Å²) >= 11 is 6.75. The molecule has 0 saturated heterocycles. The molecule has 0 heterocycles. The zero-order valence-corrected chi connectivity index (χ0v) is 14.8. The molecule has 1 aliphatic rings. The molecule has 112 valence electrons. The number of rotatable bonds is 4. The quantitative estimate of drug-likeness (QED) is 0.792. The molecule has 3 nitrogen and oxygen atoms in total. The molecule has 1 fully saturated rings. The van der Waals surface area contributed by atoms with Crippen molar-refractivity contribution in [1.82, 2.24) is 4.90 Å². The van der Waals surface area contributed by atoms with Crippen LogP contribution in [0.2, 0.25) is 0 Å². The molecular formula is C15H21Br2NO2. The normalized spacial score (nSPS) is 23.2. The zero-order valence-electron chi connectivity index (χ0n) is 11.6. The van der Waals surface area contributed by atoms with Gasteiger partial charge in [0.05, 0.1) is 15.0 Å². The number of nitrogens with zero attached hydrogens (tertiary/aromatic N) is 1. The highest BCUT2D eigenvalue weighted by molar-refractivity contribution is 9.11. The first-order valence-corrected chi connectivity index (χ1v) is 8.68. The second kappa shape index (κ2) is 7.25. The molecule has 0 aliphatic heterocycles. The Hall–Kier alpha value is -0.100. The second-order valence-corrected chi connectivity index (χ2v) is 7.15. The van der Waals surface area contributed by atoms with E-state index in [4.69, 9.17) is 0 Å². The lowest BCUT2D eigenvalue weighted by Gasteiger charge is -2.35. The molecule has 0 aromatic heterocycles. The number of phenols is 1. The van der Waals surface area contributed by atoms with Gasteiger partial charge in [-0.3, -0.25) is 4.90 Å². The Labute approximate surface area is 137 Å². The summed E-state index contributed by atoms with van der Waals surface area (Å²) in [5.74, 6) is 0.241. The number of hydrogen-bond acceptors (Lipinski definition) is 3. The van der Waals surface area contributed by atoms with E-state index >= 15 is 0 Å². The van der Waals surface area contributed by atoms with E-state index < -0.39 is 0 Å². The van der Waals surface area contributed by atoms with Gasteiger partial charge in [0.15, 0.2) is 0 Å². The summed E-state index contributed by atoms with van der Waals surface area (Å²) in [6.45, 7) is 3.96. The Kier molecular flexibility index (Phi) is 5.90. The van der Waals surface area contributed by atoms with Crippen molar-refractivity contribution >= 4 is 31.9 Å². The van der Waals surface area contributed by atoms with Gasteiger partial charge in [-0.05, 0) is 81.8 Å². The van der Waals surface area contributed by atoms with Gasteiger partial charge >= 0.3 is 0 Å². The fourth-order valence-electron chi connectivity index (χ4n) is 2.91. The number of phenolic OH excluding ortho intramolecular Hbond substituents is 1. The van der Waals surface area contributed by atoms with Gasteiger partial charge < -0.3 is 10.2 Å². The minimum Gasteiger partial charge on any atom is -0.506 e. The molecule has 1 aromatic carbocycles. The van der Waals surface area contributed by atoms with Crippen molar-refractivity contribution in [2.45, 2.75) is 51.3 Å². The van der Waals surface area contributed by atoms with Gasteiger partial charge in [0.1, 0.15) is 5.75 Å². The number of hydrogen-bond donors (Lipinski definition) is 2. The third kappa shape index (κ3) is 3.97. The highest BCUT2D eigenvalue weighted by Crippen LogP contribution is 2.34. The Morgan fingerprint density at radius 2 is 1.90 bits per heavy atom. The number of halogens is 2. The van der Waals surface area contributed by atoms with E-state index in [1.54, 1.807) is 0 Å². The van der Waals surface area contributed by atoms with E-state index in [2.05, 4.69) is 43.7 Å². The average molecular weight is 407 g/mol. The van der Waals surface area contributed by atoms with Crippen LogP contribution in [-0.2, 0) is 6.54 Å². The van der Waals surface area contributed by atoms with Gasteiger partial charge in [-0.2, -0.15) is 0 Å². The molecule has 2 atom stereocenters. The maximum absolute atomic E-state index is 9.84. The number of aromatic hydroxyl groups is 1. The van der Waals surface area contributed by atoms with E-state index in [0.29, 0.717) is 15.0 Å². The van der Waals surface area contributed by atoms with Crippen molar-refractivity contribution < 1.29 is 10.2 Å². The third-order valence-corrected chi connectivity index (χ3v) is 5.21. The van der Waals surface area contributed by atoms with Crippen LogP contribution in [-0.4, -0.2) is 33.8 Å². The van der Waals surface area contributed by atoms with Crippen LogP contribution in [0.1, 0.15) is 38.2 Å². The van der Waals surface area contributed by atoms with Gasteiger partial charge in [0.2, 0.25) is 0 Å². The maximum atomic E-state index is 9.84. The van der Waals surface area contributed by atoms with Crippen molar-refractivity contribution in [1.29, 1.82) is 0 Å². The molecular weight excluding hydrogens is 386 g/mol. The fourth-order valence-corrected chi connectivity index (χ4v) is 4.19. The van der Waals surface area contributed by atoms with Gasteiger partial charge in [-0.15, -0.1) is 0 Å². The van der Waals surface area contributed by atoms with E-state index in [9.17, 15) is 10.2 Å². The Morgan fingerprint density at radius 1 is 1.25 bits per heavy atom. The first kappa shape index (κ1) is 16.3. The van der Waals surface area contributed by atoms with E-state index in [1.165, 1.54) is 0 Å². The summed E-state index contributed by atoms with van der Waals surface area (Å²) in [6, 6.07) is 4.37. The van der Waals surface area contributed by atoms with Crippen LogP contribution in [0.15, 0.2) is 21.1 Å². The van der Waals surface area contributed by atoms with Crippen molar-refractivity contribution in [2.24, 2.45) is 0 Å². The fraction of sp³-hybridized carbons (Fsp3) is 0.600. The summed E-state index contributed by atoms with van der Waals surface area (Å²) < 4.78 is 1.42. The topological polar surface area (TPSA) is 43.7 Å². The van der Waals surface area contributed by atoms with E-state index in [1.807, 2.05) is 12.1 Å². The van der Waals surface area contributed by atoms with Crippen LogP contribution < -0.4 is 0 Å². The van der Waals surface area contributed by atoms with Crippen LogP contribution in [0.4, 0.5) is 0 Å². The van der Waals surface area contributed by atoms with Crippen molar-refractivity contribution in [3.8, 4) is 5.75 Å².